The van der Waals surface area contributed by atoms with E-state index in [9.17, 15) is 4.79 Å². The van der Waals surface area contributed by atoms with Crippen LogP contribution in [0.4, 0.5) is 0 Å². The van der Waals surface area contributed by atoms with E-state index in [0.29, 0.717) is 36.6 Å². The number of aromatic nitrogens is 2. The first-order chi connectivity index (χ1) is 13.2. The van der Waals surface area contributed by atoms with Crippen molar-refractivity contribution in [2.45, 2.75) is 24.9 Å². The number of amides is 1. The Morgan fingerprint density at radius 3 is 2.52 bits per heavy atom. The van der Waals surface area contributed by atoms with E-state index in [1.807, 2.05) is 18.3 Å². The SMILES string of the molecule is COc1ccc(CNC(=O)C2(n3cccn3)CCNCC2)c(OC)c1OC. The van der Waals surface area contributed by atoms with Crippen molar-refractivity contribution in [1.29, 1.82) is 0 Å². The molecule has 1 fully saturated rings. The van der Waals surface area contributed by atoms with Gasteiger partial charge in [0.15, 0.2) is 11.5 Å². The summed E-state index contributed by atoms with van der Waals surface area (Å²) in [5.74, 6) is 1.59. The molecule has 8 nitrogen and oxygen atoms in total. The summed E-state index contributed by atoms with van der Waals surface area (Å²) in [5.41, 5.74) is 0.131. The van der Waals surface area contributed by atoms with Crippen molar-refractivity contribution in [1.82, 2.24) is 20.4 Å². The van der Waals surface area contributed by atoms with Crippen LogP contribution in [0.15, 0.2) is 30.6 Å². The standard InChI is InChI=1S/C19H26N4O4/c1-25-15-6-5-14(16(26-2)17(15)27-3)13-21-18(24)19(7-10-20-11-8-19)23-12-4-9-22-23/h4-6,9,12,20H,7-8,10-11,13H2,1-3H3,(H,21,24). The second-order valence-corrected chi connectivity index (χ2v) is 6.41. The van der Waals surface area contributed by atoms with Gasteiger partial charge in [0.1, 0.15) is 5.54 Å². The molecule has 0 radical (unpaired) electrons. The van der Waals surface area contributed by atoms with Gasteiger partial charge < -0.3 is 24.8 Å². The van der Waals surface area contributed by atoms with E-state index in [0.717, 1.165) is 18.7 Å². The van der Waals surface area contributed by atoms with Crippen LogP contribution in [0.1, 0.15) is 18.4 Å². The van der Waals surface area contributed by atoms with Crippen LogP contribution in [0.3, 0.4) is 0 Å². The summed E-state index contributed by atoms with van der Waals surface area (Å²) in [5, 5.41) is 10.7. The summed E-state index contributed by atoms with van der Waals surface area (Å²) < 4.78 is 18.0. The first kappa shape index (κ1) is 19.0. The molecular formula is C19H26N4O4. The number of carbonyl (C=O) groups excluding carboxylic acids is 1. The number of rotatable bonds is 7. The van der Waals surface area contributed by atoms with Gasteiger partial charge in [-0.2, -0.15) is 5.10 Å². The Labute approximate surface area is 158 Å². The lowest BCUT2D eigenvalue weighted by Crippen LogP contribution is -2.54. The maximum atomic E-state index is 13.2. The quantitative estimate of drug-likeness (QED) is 0.760. The molecule has 0 bridgehead atoms. The Balaban J connectivity index is 1.82. The van der Waals surface area contributed by atoms with E-state index >= 15 is 0 Å². The van der Waals surface area contributed by atoms with Crippen LogP contribution in [0, 0.1) is 0 Å². The van der Waals surface area contributed by atoms with E-state index in [1.54, 1.807) is 38.3 Å². The zero-order chi connectivity index (χ0) is 19.3. The van der Waals surface area contributed by atoms with Gasteiger partial charge in [-0.3, -0.25) is 9.48 Å². The van der Waals surface area contributed by atoms with Crippen molar-refractivity contribution in [3.05, 3.63) is 36.2 Å². The van der Waals surface area contributed by atoms with E-state index in [1.165, 1.54) is 0 Å². The van der Waals surface area contributed by atoms with Crippen molar-refractivity contribution in [3.63, 3.8) is 0 Å². The fourth-order valence-electron chi connectivity index (χ4n) is 3.57. The van der Waals surface area contributed by atoms with E-state index in [2.05, 4.69) is 15.7 Å². The molecule has 0 unspecified atom stereocenters. The first-order valence-electron chi connectivity index (χ1n) is 8.93. The van der Waals surface area contributed by atoms with Gasteiger partial charge in [-0.15, -0.1) is 0 Å². The fourth-order valence-corrected chi connectivity index (χ4v) is 3.57. The highest BCUT2D eigenvalue weighted by atomic mass is 16.5. The summed E-state index contributed by atoms with van der Waals surface area (Å²) in [6.07, 6.45) is 4.92. The third-order valence-electron chi connectivity index (χ3n) is 5.02. The highest BCUT2D eigenvalue weighted by Crippen LogP contribution is 2.39. The summed E-state index contributed by atoms with van der Waals surface area (Å²) in [6, 6.07) is 5.51. The summed E-state index contributed by atoms with van der Waals surface area (Å²) in [6.45, 7) is 1.86. The molecule has 27 heavy (non-hydrogen) atoms. The van der Waals surface area contributed by atoms with Crippen molar-refractivity contribution in [3.8, 4) is 17.2 Å². The molecule has 1 amide bonds. The number of nitrogens with one attached hydrogen (secondary N) is 2. The summed E-state index contributed by atoms with van der Waals surface area (Å²) >= 11 is 0. The monoisotopic (exact) mass is 374 g/mol. The molecule has 1 aromatic carbocycles. The number of nitrogens with zero attached hydrogens (tertiary/aromatic N) is 2. The van der Waals surface area contributed by atoms with Gasteiger partial charge in [0.25, 0.3) is 0 Å². The average molecular weight is 374 g/mol. The number of benzene rings is 1. The van der Waals surface area contributed by atoms with Crippen LogP contribution in [-0.4, -0.2) is 50.1 Å². The highest BCUT2D eigenvalue weighted by molar-refractivity contribution is 5.84. The second kappa shape index (κ2) is 8.30. The van der Waals surface area contributed by atoms with Gasteiger partial charge in [-0.05, 0) is 44.1 Å². The van der Waals surface area contributed by atoms with E-state index < -0.39 is 5.54 Å². The van der Waals surface area contributed by atoms with Gasteiger partial charge >= 0.3 is 0 Å². The topological polar surface area (TPSA) is 86.6 Å². The fraction of sp³-hybridized carbons (Fsp3) is 0.474. The Morgan fingerprint density at radius 2 is 1.93 bits per heavy atom. The lowest BCUT2D eigenvalue weighted by atomic mass is 9.87. The maximum Gasteiger partial charge on any atom is 0.248 e. The molecule has 1 aromatic heterocycles. The number of ether oxygens (including phenoxy) is 3. The minimum absolute atomic E-state index is 0.0514. The zero-order valence-electron chi connectivity index (χ0n) is 15.9. The molecule has 0 aliphatic carbocycles. The van der Waals surface area contributed by atoms with Gasteiger partial charge in [-0.1, -0.05) is 0 Å². The summed E-state index contributed by atoms with van der Waals surface area (Å²) in [7, 11) is 4.70. The third kappa shape index (κ3) is 3.57. The van der Waals surface area contributed by atoms with Gasteiger partial charge in [-0.25, -0.2) is 0 Å². The lowest BCUT2D eigenvalue weighted by molar-refractivity contribution is -0.132. The zero-order valence-corrected chi connectivity index (χ0v) is 15.9. The summed E-state index contributed by atoms with van der Waals surface area (Å²) in [4.78, 5) is 13.2. The normalized spacial score (nSPS) is 15.8. The Hall–Kier alpha value is -2.74. The Bertz CT molecular complexity index is 770. The van der Waals surface area contributed by atoms with Gasteiger partial charge in [0.05, 0.1) is 21.3 Å². The first-order valence-corrected chi connectivity index (χ1v) is 8.93. The van der Waals surface area contributed by atoms with Crippen molar-refractivity contribution >= 4 is 5.91 Å². The molecule has 0 atom stereocenters. The van der Waals surface area contributed by atoms with Crippen molar-refractivity contribution in [2.24, 2.45) is 0 Å². The number of piperidine rings is 1. The second-order valence-electron chi connectivity index (χ2n) is 6.41. The lowest BCUT2D eigenvalue weighted by Gasteiger charge is -2.36. The minimum Gasteiger partial charge on any atom is -0.493 e. The van der Waals surface area contributed by atoms with Crippen LogP contribution in [0.2, 0.25) is 0 Å². The smallest absolute Gasteiger partial charge is 0.248 e. The highest BCUT2D eigenvalue weighted by Gasteiger charge is 2.41. The van der Waals surface area contributed by atoms with Crippen LogP contribution >= 0.6 is 0 Å². The van der Waals surface area contributed by atoms with E-state index in [-0.39, 0.29) is 5.91 Å². The van der Waals surface area contributed by atoms with Crippen molar-refractivity contribution < 1.29 is 19.0 Å². The van der Waals surface area contributed by atoms with Gasteiger partial charge in [0.2, 0.25) is 11.7 Å². The molecule has 3 rings (SSSR count). The number of hydrogen-bond donors (Lipinski definition) is 2. The molecule has 1 saturated heterocycles. The predicted molar refractivity (Wildman–Crippen MR) is 100 cm³/mol. The van der Waals surface area contributed by atoms with E-state index in [4.69, 9.17) is 14.2 Å². The maximum absolute atomic E-state index is 13.2. The molecule has 8 heteroatoms. The molecule has 2 N–H and O–H groups in total. The Morgan fingerprint density at radius 1 is 1.19 bits per heavy atom. The van der Waals surface area contributed by atoms with Gasteiger partial charge in [0, 0.05) is 24.5 Å². The molecular weight excluding hydrogens is 348 g/mol. The number of carbonyl (C=O) groups is 1. The number of hydrogen-bond acceptors (Lipinski definition) is 6. The number of methoxy groups -OCH3 is 3. The minimum atomic E-state index is -0.682. The molecule has 2 aromatic rings. The largest absolute Gasteiger partial charge is 0.493 e. The van der Waals surface area contributed by atoms with Crippen LogP contribution in [0.25, 0.3) is 0 Å². The molecule has 1 aliphatic heterocycles. The molecule has 1 aliphatic rings. The Kier molecular flexibility index (Phi) is 5.85. The molecule has 0 spiro atoms. The third-order valence-corrected chi connectivity index (χ3v) is 5.02. The van der Waals surface area contributed by atoms with Crippen LogP contribution in [0.5, 0.6) is 17.2 Å². The average Bonchev–Trinajstić information content (AvgIpc) is 3.26. The molecule has 0 saturated carbocycles. The van der Waals surface area contributed by atoms with Crippen molar-refractivity contribution in [2.75, 3.05) is 34.4 Å². The predicted octanol–water partition coefficient (Wildman–Crippen LogP) is 1.30. The van der Waals surface area contributed by atoms with Crippen LogP contribution < -0.4 is 24.8 Å². The molecule has 2 heterocycles. The van der Waals surface area contributed by atoms with Crippen LogP contribution in [-0.2, 0) is 16.9 Å². The molecule has 146 valence electrons.